The summed E-state index contributed by atoms with van der Waals surface area (Å²) in [5.74, 6) is 0.0764. The van der Waals surface area contributed by atoms with Crippen molar-refractivity contribution in [2.45, 2.75) is 18.9 Å². The van der Waals surface area contributed by atoms with E-state index in [-0.39, 0.29) is 12.0 Å². The third-order valence-electron chi connectivity index (χ3n) is 4.44. The monoisotopic (exact) mass is 297 g/mol. The molecule has 2 heterocycles. The van der Waals surface area contributed by atoms with E-state index in [1.54, 1.807) is 0 Å². The van der Waals surface area contributed by atoms with Crippen LogP contribution in [0.1, 0.15) is 23.2 Å². The highest BCUT2D eigenvalue weighted by Gasteiger charge is 2.29. The predicted molar refractivity (Wildman–Crippen MR) is 85.4 cm³/mol. The summed E-state index contributed by atoms with van der Waals surface area (Å²) in [7, 11) is 0. The number of ether oxygens (including phenoxy) is 2. The minimum absolute atomic E-state index is 0.0764. The summed E-state index contributed by atoms with van der Waals surface area (Å²) in [6.07, 6.45) is 2.43. The van der Waals surface area contributed by atoms with Gasteiger partial charge in [0.05, 0.1) is 25.0 Å². The van der Waals surface area contributed by atoms with Crippen molar-refractivity contribution in [3.8, 4) is 0 Å². The van der Waals surface area contributed by atoms with E-state index >= 15 is 0 Å². The maximum Gasteiger partial charge on any atom is 0.259 e. The summed E-state index contributed by atoms with van der Waals surface area (Å²) in [5, 5.41) is 2.18. The Balaban J connectivity index is 1.45. The summed E-state index contributed by atoms with van der Waals surface area (Å²) in [6.45, 7) is 2.59. The first-order valence-electron chi connectivity index (χ1n) is 7.87. The van der Waals surface area contributed by atoms with Gasteiger partial charge in [-0.3, -0.25) is 4.79 Å². The summed E-state index contributed by atoms with van der Waals surface area (Å²) >= 11 is 0. The van der Waals surface area contributed by atoms with E-state index in [4.69, 9.17) is 9.47 Å². The van der Waals surface area contributed by atoms with E-state index in [0.717, 1.165) is 41.5 Å². The molecule has 1 fully saturated rings. The molecule has 0 radical (unpaired) electrons. The number of amides is 1. The van der Waals surface area contributed by atoms with Gasteiger partial charge in [-0.25, -0.2) is 0 Å². The highest BCUT2D eigenvalue weighted by atomic mass is 16.5. The van der Waals surface area contributed by atoms with Crippen LogP contribution >= 0.6 is 0 Å². The Morgan fingerprint density at radius 3 is 2.91 bits per heavy atom. The van der Waals surface area contributed by atoms with Crippen molar-refractivity contribution in [1.82, 2.24) is 0 Å². The van der Waals surface area contributed by atoms with Gasteiger partial charge in [-0.15, -0.1) is 0 Å². The second-order valence-corrected chi connectivity index (χ2v) is 5.85. The van der Waals surface area contributed by atoms with Gasteiger partial charge < -0.3 is 14.4 Å². The lowest BCUT2D eigenvalue weighted by atomic mass is 10.1. The average Bonchev–Trinajstić information content (AvgIpc) is 3.15. The fourth-order valence-corrected chi connectivity index (χ4v) is 3.35. The summed E-state index contributed by atoms with van der Waals surface area (Å²) in [5.41, 5.74) is 1.80. The van der Waals surface area contributed by atoms with Crippen molar-refractivity contribution in [1.29, 1.82) is 0 Å². The van der Waals surface area contributed by atoms with Crippen LogP contribution in [-0.4, -0.2) is 38.4 Å². The summed E-state index contributed by atoms with van der Waals surface area (Å²) < 4.78 is 11.2. The number of hydrogen-bond donors (Lipinski definition) is 0. The lowest BCUT2D eigenvalue weighted by molar-refractivity contribution is 0.0195. The van der Waals surface area contributed by atoms with E-state index in [9.17, 15) is 4.79 Å². The van der Waals surface area contributed by atoms with Gasteiger partial charge in [-0.05, 0) is 30.4 Å². The quantitative estimate of drug-likeness (QED) is 0.796. The van der Waals surface area contributed by atoms with Gasteiger partial charge in [0.1, 0.15) is 0 Å². The molecular formula is C18H19NO3. The maximum absolute atomic E-state index is 12.6. The average molecular weight is 297 g/mol. The van der Waals surface area contributed by atoms with E-state index in [0.29, 0.717) is 19.8 Å². The first kappa shape index (κ1) is 13.7. The van der Waals surface area contributed by atoms with E-state index in [1.807, 2.05) is 41.3 Å². The SMILES string of the molecule is O=C1c2cccc3cccc(c23)N1CCOC[C@H]1CCCO1. The van der Waals surface area contributed by atoms with Crippen LogP contribution < -0.4 is 4.90 Å². The van der Waals surface area contributed by atoms with E-state index in [1.165, 1.54) is 0 Å². The number of anilines is 1. The molecule has 2 aromatic rings. The van der Waals surface area contributed by atoms with Crippen LogP contribution in [0.3, 0.4) is 0 Å². The molecule has 0 spiro atoms. The zero-order chi connectivity index (χ0) is 14.9. The molecule has 0 bridgehead atoms. The van der Waals surface area contributed by atoms with Crippen molar-refractivity contribution in [2.24, 2.45) is 0 Å². The van der Waals surface area contributed by atoms with Gasteiger partial charge in [-0.2, -0.15) is 0 Å². The summed E-state index contributed by atoms with van der Waals surface area (Å²) in [4.78, 5) is 14.4. The molecule has 114 valence electrons. The van der Waals surface area contributed by atoms with Crippen molar-refractivity contribution < 1.29 is 14.3 Å². The van der Waals surface area contributed by atoms with Crippen molar-refractivity contribution in [3.05, 3.63) is 42.0 Å². The number of benzene rings is 2. The van der Waals surface area contributed by atoms with Gasteiger partial charge >= 0.3 is 0 Å². The molecule has 2 aliphatic rings. The zero-order valence-corrected chi connectivity index (χ0v) is 12.5. The first-order valence-corrected chi connectivity index (χ1v) is 7.87. The molecule has 1 amide bonds. The van der Waals surface area contributed by atoms with Crippen LogP contribution in [0, 0.1) is 0 Å². The molecule has 0 unspecified atom stereocenters. The van der Waals surface area contributed by atoms with Crippen LogP contribution in [0.15, 0.2) is 36.4 Å². The molecule has 4 rings (SSSR count). The van der Waals surface area contributed by atoms with Gasteiger partial charge in [0.2, 0.25) is 0 Å². The number of nitrogens with zero attached hydrogens (tertiary/aromatic N) is 1. The standard InChI is InChI=1S/C18H19NO3/c20-18-15-7-1-4-13-5-2-8-16(17(13)15)19(18)9-11-21-12-14-6-3-10-22-14/h1-2,4-5,7-8,14H,3,6,9-12H2/t14-/m1/s1. The molecule has 1 atom stereocenters. The normalized spacial score (nSPS) is 20.3. The Morgan fingerprint density at radius 1 is 1.23 bits per heavy atom. The molecule has 0 aromatic heterocycles. The molecule has 22 heavy (non-hydrogen) atoms. The van der Waals surface area contributed by atoms with Gasteiger partial charge in [0.15, 0.2) is 0 Å². The lowest BCUT2D eigenvalue weighted by Crippen LogP contribution is -2.31. The second-order valence-electron chi connectivity index (χ2n) is 5.85. The second kappa shape index (κ2) is 5.71. The Labute approximate surface area is 129 Å². The Bertz CT molecular complexity index is 701. The van der Waals surface area contributed by atoms with Crippen LogP contribution in [-0.2, 0) is 9.47 Å². The highest BCUT2D eigenvalue weighted by Crippen LogP contribution is 2.36. The number of carbonyl (C=O) groups is 1. The van der Waals surface area contributed by atoms with Crippen LogP contribution in [0.2, 0.25) is 0 Å². The van der Waals surface area contributed by atoms with Gasteiger partial charge in [0.25, 0.3) is 5.91 Å². The Morgan fingerprint density at radius 2 is 2.09 bits per heavy atom. The lowest BCUT2D eigenvalue weighted by Gasteiger charge is -2.18. The molecule has 1 saturated heterocycles. The smallest absolute Gasteiger partial charge is 0.259 e. The van der Waals surface area contributed by atoms with Crippen molar-refractivity contribution in [3.63, 3.8) is 0 Å². The van der Waals surface area contributed by atoms with E-state index < -0.39 is 0 Å². The predicted octanol–water partition coefficient (Wildman–Crippen LogP) is 3.00. The Hall–Kier alpha value is -1.91. The van der Waals surface area contributed by atoms with Crippen LogP contribution in [0.25, 0.3) is 10.8 Å². The minimum Gasteiger partial charge on any atom is -0.377 e. The van der Waals surface area contributed by atoms with Crippen LogP contribution in [0.4, 0.5) is 5.69 Å². The summed E-state index contributed by atoms with van der Waals surface area (Å²) in [6, 6.07) is 12.0. The highest BCUT2D eigenvalue weighted by molar-refractivity contribution is 6.24. The number of rotatable bonds is 5. The third kappa shape index (κ3) is 2.28. The van der Waals surface area contributed by atoms with Crippen molar-refractivity contribution >= 4 is 22.4 Å². The zero-order valence-electron chi connectivity index (χ0n) is 12.5. The molecular weight excluding hydrogens is 278 g/mol. The number of carbonyl (C=O) groups excluding carboxylic acids is 1. The fourth-order valence-electron chi connectivity index (χ4n) is 3.35. The molecule has 0 saturated carbocycles. The van der Waals surface area contributed by atoms with Gasteiger partial charge in [0, 0.05) is 24.1 Å². The Kier molecular flexibility index (Phi) is 3.56. The van der Waals surface area contributed by atoms with Crippen molar-refractivity contribution in [2.75, 3.05) is 31.3 Å². The molecule has 2 aromatic carbocycles. The molecule has 0 aliphatic carbocycles. The molecule has 2 aliphatic heterocycles. The minimum atomic E-state index is 0.0764. The van der Waals surface area contributed by atoms with E-state index in [2.05, 4.69) is 0 Å². The number of hydrogen-bond acceptors (Lipinski definition) is 3. The first-order chi connectivity index (χ1) is 10.8. The third-order valence-corrected chi connectivity index (χ3v) is 4.44. The molecule has 4 heteroatoms. The molecule has 0 N–H and O–H groups in total. The van der Waals surface area contributed by atoms with Crippen LogP contribution in [0.5, 0.6) is 0 Å². The van der Waals surface area contributed by atoms with Gasteiger partial charge in [-0.1, -0.05) is 24.3 Å². The fraction of sp³-hybridized carbons (Fsp3) is 0.389. The maximum atomic E-state index is 12.6. The topological polar surface area (TPSA) is 38.8 Å². The molecule has 4 nitrogen and oxygen atoms in total. The largest absolute Gasteiger partial charge is 0.377 e.